The van der Waals surface area contributed by atoms with Crippen molar-refractivity contribution in [2.24, 2.45) is 11.8 Å². The van der Waals surface area contributed by atoms with E-state index in [9.17, 15) is 24.3 Å². The number of hydrogen-bond acceptors (Lipinski definition) is 6. The average molecular weight is 729 g/mol. The Morgan fingerprint density at radius 2 is 1.51 bits per heavy atom. The summed E-state index contributed by atoms with van der Waals surface area (Å²) in [6.45, 7) is 14.2. The highest BCUT2D eigenvalue weighted by Gasteiger charge is 2.36. The molecule has 3 aromatic carbocycles. The zero-order valence-corrected chi connectivity index (χ0v) is 32.6. The van der Waals surface area contributed by atoms with Gasteiger partial charge in [0.05, 0.1) is 17.8 Å². The predicted molar refractivity (Wildman–Crippen MR) is 212 cm³/mol. The van der Waals surface area contributed by atoms with Crippen LogP contribution in [0.5, 0.6) is 0 Å². The number of nitrogens with zero attached hydrogens (tertiary/aromatic N) is 1. The summed E-state index contributed by atoms with van der Waals surface area (Å²) in [6, 6.07) is 19.7. The molecule has 3 rings (SSSR count). The molecular weight excluding hydrogens is 668 g/mol. The molecule has 0 aliphatic carbocycles. The third-order valence-corrected chi connectivity index (χ3v) is 8.95. The maximum Gasteiger partial charge on any atom is 0.408 e. The number of unbranched alkanes of at least 4 members (excludes halogenated alkanes) is 1. The Kier molecular flexibility index (Phi) is 17.5. The summed E-state index contributed by atoms with van der Waals surface area (Å²) >= 11 is 0. The van der Waals surface area contributed by atoms with Crippen LogP contribution in [0.15, 0.2) is 84.4 Å². The Morgan fingerprint density at radius 3 is 2.17 bits per heavy atom. The lowest BCUT2D eigenvalue weighted by molar-refractivity contribution is -0.128. The van der Waals surface area contributed by atoms with Crippen LogP contribution >= 0.6 is 0 Å². The number of hydrogen-bond donors (Lipinski definition) is 4. The summed E-state index contributed by atoms with van der Waals surface area (Å²) < 4.78 is 5.42. The number of carbonyl (C=O) groups excluding carboxylic acids is 4. The fourth-order valence-corrected chi connectivity index (χ4v) is 6.19. The number of carbonyl (C=O) groups is 4. The molecule has 0 spiro atoms. The third-order valence-electron chi connectivity index (χ3n) is 8.95. The molecule has 0 saturated heterocycles. The molecule has 0 bridgehead atoms. The molecule has 4 atom stereocenters. The number of benzene rings is 3. The van der Waals surface area contributed by atoms with Crippen LogP contribution in [-0.2, 0) is 25.7 Å². The lowest BCUT2D eigenvalue weighted by Crippen LogP contribution is -2.58. The second-order valence-electron chi connectivity index (χ2n) is 14.6. The second-order valence-corrected chi connectivity index (χ2v) is 14.6. The van der Waals surface area contributed by atoms with E-state index in [2.05, 4.69) is 16.0 Å². The van der Waals surface area contributed by atoms with Gasteiger partial charge in [-0.15, -0.1) is 0 Å². The predicted octanol–water partition coefficient (Wildman–Crippen LogP) is 7.44. The summed E-state index contributed by atoms with van der Waals surface area (Å²) in [6.07, 6.45) is 3.03. The number of aliphatic hydroxyl groups is 1. The number of amides is 4. The molecule has 0 aliphatic rings. The van der Waals surface area contributed by atoms with Gasteiger partial charge in [-0.3, -0.25) is 19.3 Å². The molecule has 0 aromatic heterocycles. The number of aliphatic hydroxyl groups excluding tert-OH is 1. The minimum Gasteiger partial charge on any atom is -0.445 e. The number of anilines is 1. The van der Waals surface area contributed by atoms with Gasteiger partial charge in [0.15, 0.2) is 0 Å². The maximum atomic E-state index is 14.6. The molecule has 0 fully saturated rings. The van der Waals surface area contributed by atoms with Gasteiger partial charge in [-0.1, -0.05) is 128 Å². The van der Waals surface area contributed by atoms with Crippen molar-refractivity contribution in [3.05, 3.63) is 90.0 Å². The van der Waals surface area contributed by atoms with E-state index in [1.54, 1.807) is 13.0 Å². The summed E-state index contributed by atoms with van der Waals surface area (Å²) in [7, 11) is 0. The van der Waals surface area contributed by atoms with Crippen molar-refractivity contribution in [3.8, 4) is 0 Å². The van der Waals surface area contributed by atoms with Gasteiger partial charge in [0, 0.05) is 17.5 Å². The van der Waals surface area contributed by atoms with Crippen molar-refractivity contribution < 1.29 is 29.0 Å². The summed E-state index contributed by atoms with van der Waals surface area (Å²) in [5.41, 5.74) is 1.81. The summed E-state index contributed by atoms with van der Waals surface area (Å²) in [5, 5.41) is 22.0. The fourth-order valence-electron chi connectivity index (χ4n) is 6.19. The molecule has 0 aliphatic heterocycles. The van der Waals surface area contributed by atoms with Gasteiger partial charge in [0.2, 0.25) is 17.7 Å². The maximum absolute atomic E-state index is 14.6. The van der Waals surface area contributed by atoms with Crippen molar-refractivity contribution in [1.29, 1.82) is 0 Å². The monoisotopic (exact) mass is 728 g/mol. The van der Waals surface area contributed by atoms with E-state index in [4.69, 9.17) is 4.74 Å². The number of nitrogens with one attached hydrogen (secondary N) is 3. The highest BCUT2D eigenvalue weighted by Crippen LogP contribution is 2.31. The van der Waals surface area contributed by atoms with Crippen LogP contribution in [0, 0.1) is 11.8 Å². The molecule has 53 heavy (non-hydrogen) atoms. The standard InChI is InChI=1S/C43H60N4O6/c1-8-10-23-38(41(50)46-36(25-29(3)4)39(48)26-34(17-9-2)40(49)44-27-30(5)6)47(37-24-16-21-33-20-14-15-22-35(33)37)42(51)31(7)45-43(52)53-28-32-18-12-11-13-19-32/h11-16,18-22,24,26,29-31,36,38-39,48H,8-10,17,23,25,27-28H2,1-7H3,(H,44,49)(H,45,52)(H,46,50)/b34-26-/t31-,36-,38-,39-/m0/s1. The summed E-state index contributed by atoms with van der Waals surface area (Å²) in [5.74, 6) is -0.777. The van der Waals surface area contributed by atoms with Gasteiger partial charge < -0.3 is 25.8 Å². The third kappa shape index (κ3) is 13.3. The molecule has 4 N–H and O–H groups in total. The molecule has 10 nitrogen and oxygen atoms in total. The van der Waals surface area contributed by atoms with Gasteiger partial charge in [-0.05, 0) is 61.1 Å². The Bertz CT molecular complexity index is 1650. The Labute approximate surface area is 315 Å². The molecule has 0 heterocycles. The number of rotatable bonds is 20. The van der Waals surface area contributed by atoms with Crippen molar-refractivity contribution in [1.82, 2.24) is 16.0 Å². The van der Waals surface area contributed by atoms with Crippen LogP contribution in [0.1, 0.15) is 92.6 Å². The first-order valence-electron chi connectivity index (χ1n) is 19.1. The second kappa shape index (κ2) is 21.7. The lowest BCUT2D eigenvalue weighted by Gasteiger charge is -2.35. The number of ether oxygens (including phenoxy) is 1. The van der Waals surface area contributed by atoms with Crippen LogP contribution in [0.2, 0.25) is 0 Å². The molecule has 3 aromatic rings. The number of fused-ring (bicyclic) bond motifs is 1. The zero-order valence-electron chi connectivity index (χ0n) is 32.6. The SMILES string of the molecule is CCCC[C@@H](C(=O)N[C@@H](CC(C)C)[C@@H](O)/C=C(/CCC)C(=O)NCC(C)C)N(C(=O)[C@H](C)NC(=O)OCc1ccccc1)c1cccc2ccccc12. The van der Waals surface area contributed by atoms with Crippen molar-refractivity contribution >= 4 is 40.3 Å². The molecular formula is C43H60N4O6. The van der Waals surface area contributed by atoms with Gasteiger partial charge in [0.25, 0.3) is 0 Å². The molecule has 288 valence electrons. The quantitative estimate of drug-likeness (QED) is 0.0894. The topological polar surface area (TPSA) is 137 Å². The molecule has 4 amide bonds. The van der Waals surface area contributed by atoms with Crippen LogP contribution in [-0.4, -0.2) is 59.7 Å². The smallest absolute Gasteiger partial charge is 0.408 e. The normalized spacial score (nSPS) is 14.0. The minimum absolute atomic E-state index is 0.0372. The number of alkyl carbamates (subject to hydrolysis) is 1. The Balaban J connectivity index is 2.00. The highest BCUT2D eigenvalue weighted by atomic mass is 16.5. The van der Waals surface area contributed by atoms with Crippen LogP contribution in [0.3, 0.4) is 0 Å². The van der Waals surface area contributed by atoms with Gasteiger partial charge in [-0.2, -0.15) is 0 Å². The van der Waals surface area contributed by atoms with Crippen LogP contribution in [0.25, 0.3) is 10.8 Å². The van der Waals surface area contributed by atoms with Crippen LogP contribution < -0.4 is 20.9 Å². The van der Waals surface area contributed by atoms with Gasteiger partial charge in [-0.25, -0.2) is 4.79 Å². The Morgan fingerprint density at radius 1 is 0.830 bits per heavy atom. The molecule has 10 heteroatoms. The van der Waals surface area contributed by atoms with Crippen molar-refractivity contribution in [3.63, 3.8) is 0 Å². The van der Waals surface area contributed by atoms with Crippen molar-refractivity contribution in [2.45, 2.75) is 118 Å². The first-order chi connectivity index (χ1) is 25.4. The van der Waals surface area contributed by atoms with Gasteiger partial charge >= 0.3 is 6.09 Å². The molecule has 0 unspecified atom stereocenters. The Hall–Kier alpha value is -4.70. The van der Waals surface area contributed by atoms with E-state index in [0.717, 1.165) is 22.8 Å². The largest absolute Gasteiger partial charge is 0.445 e. The van der Waals surface area contributed by atoms with E-state index in [1.165, 1.54) is 4.90 Å². The van der Waals surface area contributed by atoms with Gasteiger partial charge in [0.1, 0.15) is 18.7 Å². The van der Waals surface area contributed by atoms with E-state index in [-0.39, 0.29) is 24.3 Å². The fraction of sp³-hybridized carbons (Fsp3) is 0.488. The minimum atomic E-state index is -1.15. The highest BCUT2D eigenvalue weighted by molar-refractivity contribution is 6.09. The molecule has 0 saturated carbocycles. The van der Waals surface area contributed by atoms with E-state index in [0.29, 0.717) is 49.9 Å². The molecule has 0 radical (unpaired) electrons. The van der Waals surface area contributed by atoms with E-state index >= 15 is 0 Å². The first kappa shape index (κ1) is 42.7. The lowest BCUT2D eigenvalue weighted by atomic mass is 9.95. The average Bonchev–Trinajstić information content (AvgIpc) is 3.13. The first-order valence-corrected chi connectivity index (χ1v) is 19.1. The van der Waals surface area contributed by atoms with E-state index < -0.39 is 42.1 Å². The zero-order chi connectivity index (χ0) is 38.9. The van der Waals surface area contributed by atoms with Crippen molar-refractivity contribution in [2.75, 3.05) is 11.4 Å². The summed E-state index contributed by atoms with van der Waals surface area (Å²) in [4.78, 5) is 56.7. The van der Waals surface area contributed by atoms with Crippen LogP contribution in [0.4, 0.5) is 10.5 Å². The van der Waals surface area contributed by atoms with E-state index in [1.807, 2.05) is 114 Å².